The summed E-state index contributed by atoms with van der Waals surface area (Å²) in [6.07, 6.45) is 2.98. The van der Waals surface area contributed by atoms with Crippen LogP contribution in [0.2, 0.25) is 0 Å². The fourth-order valence-electron chi connectivity index (χ4n) is 4.11. The highest BCUT2D eigenvalue weighted by molar-refractivity contribution is 6.19. The van der Waals surface area contributed by atoms with Crippen LogP contribution in [0.4, 0.5) is 0 Å². The van der Waals surface area contributed by atoms with Gasteiger partial charge in [0.25, 0.3) is 0 Å². The Labute approximate surface area is 213 Å². The molecule has 0 aliphatic rings. The number of hydrogen-bond donors (Lipinski definition) is 0. The molecule has 0 fully saturated rings. The van der Waals surface area contributed by atoms with Crippen molar-refractivity contribution in [2.45, 2.75) is 6.92 Å². The van der Waals surface area contributed by atoms with E-state index in [-0.39, 0.29) is 16.7 Å². The number of carbonyl (C=O) groups is 2. The molecule has 182 valence electrons. The number of ether oxygens (including phenoxy) is 2. The number of nitriles is 2. The molecule has 0 radical (unpaired) electrons. The van der Waals surface area contributed by atoms with Gasteiger partial charge in [-0.2, -0.15) is 15.3 Å². The maximum atomic E-state index is 13.8. The van der Waals surface area contributed by atoms with E-state index in [9.17, 15) is 20.1 Å². The highest BCUT2D eigenvalue weighted by Gasteiger charge is 2.26. The second-order valence-corrected chi connectivity index (χ2v) is 7.89. The molecular formula is C29H21N3O5. The van der Waals surface area contributed by atoms with E-state index in [1.807, 2.05) is 18.2 Å². The van der Waals surface area contributed by atoms with Crippen molar-refractivity contribution >= 4 is 28.7 Å². The average molecular weight is 492 g/mol. The van der Waals surface area contributed by atoms with E-state index >= 15 is 0 Å². The van der Waals surface area contributed by atoms with E-state index in [1.54, 1.807) is 48.5 Å². The lowest BCUT2D eigenvalue weighted by molar-refractivity contribution is -0.140. The number of carbonyl (C=O) groups excluding carboxylic acids is 2. The van der Waals surface area contributed by atoms with Gasteiger partial charge in [0.1, 0.15) is 12.1 Å². The third-order valence-corrected chi connectivity index (χ3v) is 5.67. The number of nitrogens with zero attached hydrogens (tertiary/aromatic N) is 3. The van der Waals surface area contributed by atoms with Gasteiger partial charge in [-0.1, -0.05) is 42.5 Å². The monoisotopic (exact) mass is 491 g/mol. The van der Waals surface area contributed by atoms with Crippen molar-refractivity contribution in [2.75, 3.05) is 14.2 Å². The number of rotatable bonds is 7. The molecule has 8 heteroatoms. The number of ketones is 1. The summed E-state index contributed by atoms with van der Waals surface area (Å²) in [6, 6.07) is 21.1. The highest BCUT2D eigenvalue weighted by Crippen LogP contribution is 2.36. The van der Waals surface area contributed by atoms with Crippen LogP contribution < -0.4 is 14.3 Å². The van der Waals surface area contributed by atoms with Gasteiger partial charge >= 0.3 is 5.97 Å². The standard InChI is InChI=1S/C29H21N3O5/c1-18(33)37-32-24-15-22(17-31)21(16-30)14-23(24)27(28(32)19-8-5-4-6-9-19)25(34)13-12-20-10-7-11-26(35-2)29(20)36-3/h4-15H,1-3H3/b13-12+. The third-order valence-electron chi connectivity index (χ3n) is 5.67. The topological polar surface area (TPSA) is 114 Å². The van der Waals surface area contributed by atoms with Crippen LogP contribution in [-0.2, 0) is 4.79 Å². The van der Waals surface area contributed by atoms with Crippen molar-refractivity contribution < 1.29 is 23.9 Å². The molecule has 3 aromatic carbocycles. The minimum Gasteiger partial charge on any atom is -0.493 e. The summed E-state index contributed by atoms with van der Waals surface area (Å²) in [7, 11) is 3.03. The van der Waals surface area contributed by atoms with Crippen molar-refractivity contribution in [2.24, 2.45) is 0 Å². The second kappa shape index (κ2) is 10.5. The van der Waals surface area contributed by atoms with Crippen LogP contribution in [0.25, 0.3) is 28.2 Å². The van der Waals surface area contributed by atoms with Crippen molar-refractivity contribution in [1.29, 1.82) is 10.5 Å². The summed E-state index contributed by atoms with van der Waals surface area (Å²) < 4.78 is 12.0. The highest BCUT2D eigenvalue weighted by atomic mass is 16.7. The Hall–Kier alpha value is -5.34. The number of hydrogen-bond acceptors (Lipinski definition) is 7. The van der Waals surface area contributed by atoms with Crippen molar-refractivity contribution in [1.82, 2.24) is 4.73 Å². The van der Waals surface area contributed by atoms with Gasteiger partial charge in [-0.15, -0.1) is 0 Å². The Kier molecular flexibility index (Phi) is 7.04. The zero-order valence-corrected chi connectivity index (χ0v) is 20.3. The molecule has 0 aliphatic carbocycles. The summed E-state index contributed by atoms with van der Waals surface area (Å²) in [4.78, 5) is 31.3. The predicted octanol–water partition coefficient (Wildman–Crippen LogP) is 4.94. The van der Waals surface area contributed by atoms with E-state index in [4.69, 9.17) is 14.3 Å². The van der Waals surface area contributed by atoms with Gasteiger partial charge in [-0.05, 0) is 30.4 Å². The van der Waals surface area contributed by atoms with Crippen molar-refractivity contribution in [3.05, 3.63) is 89.0 Å². The molecule has 0 atom stereocenters. The van der Waals surface area contributed by atoms with Gasteiger partial charge < -0.3 is 14.3 Å². The molecule has 4 aromatic rings. The Morgan fingerprint density at radius 3 is 2.24 bits per heavy atom. The minimum atomic E-state index is -0.618. The maximum Gasteiger partial charge on any atom is 0.329 e. The van der Waals surface area contributed by atoms with E-state index in [0.717, 1.165) is 0 Å². The predicted molar refractivity (Wildman–Crippen MR) is 137 cm³/mol. The summed E-state index contributed by atoms with van der Waals surface area (Å²) in [5.41, 5.74) is 2.24. The number of fused-ring (bicyclic) bond motifs is 1. The fraction of sp³-hybridized carbons (Fsp3) is 0.103. The normalized spacial score (nSPS) is 10.6. The first-order valence-electron chi connectivity index (χ1n) is 11.1. The SMILES string of the molecule is COc1cccc(/C=C/C(=O)c2c(-c3ccccc3)n(OC(C)=O)c3cc(C#N)c(C#N)cc23)c1OC. The molecule has 0 bridgehead atoms. The average Bonchev–Trinajstić information content (AvgIpc) is 3.23. The summed E-state index contributed by atoms with van der Waals surface area (Å²) in [5.74, 6) is -0.0536. The maximum absolute atomic E-state index is 13.8. The molecule has 8 nitrogen and oxygen atoms in total. The van der Waals surface area contributed by atoms with Gasteiger partial charge in [-0.25, -0.2) is 4.79 Å². The van der Waals surface area contributed by atoms with E-state index in [2.05, 4.69) is 0 Å². The first-order chi connectivity index (χ1) is 17.9. The van der Waals surface area contributed by atoms with Gasteiger partial charge in [0.2, 0.25) is 0 Å². The van der Waals surface area contributed by atoms with Crippen LogP contribution in [0.1, 0.15) is 34.0 Å². The lowest BCUT2D eigenvalue weighted by atomic mass is 9.98. The zero-order valence-electron chi connectivity index (χ0n) is 20.3. The quantitative estimate of drug-likeness (QED) is 0.266. The van der Waals surface area contributed by atoms with Gasteiger partial charge in [0.15, 0.2) is 17.3 Å². The van der Waals surface area contributed by atoms with E-state index < -0.39 is 11.8 Å². The second-order valence-electron chi connectivity index (χ2n) is 7.89. The molecule has 0 saturated carbocycles. The molecule has 0 unspecified atom stereocenters. The fourth-order valence-corrected chi connectivity index (χ4v) is 4.11. The number of benzene rings is 3. The number of allylic oxidation sites excluding steroid dienone is 1. The third kappa shape index (κ3) is 4.64. The summed E-state index contributed by atoms with van der Waals surface area (Å²) in [6.45, 7) is 1.24. The first kappa shape index (κ1) is 24.8. The van der Waals surface area contributed by atoms with Gasteiger partial charge in [0.05, 0.1) is 42.1 Å². The van der Waals surface area contributed by atoms with E-state index in [0.29, 0.717) is 39.2 Å². The molecule has 0 aliphatic heterocycles. The Balaban J connectivity index is 2.01. The smallest absolute Gasteiger partial charge is 0.329 e. The molecule has 0 amide bonds. The van der Waals surface area contributed by atoms with Crippen LogP contribution in [-0.4, -0.2) is 30.7 Å². The van der Waals surface area contributed by atoms with Crippen LogP contribution in [0.15, 0.2) is 66.7 Å². The molecule has 0 spiro atoms. The Morgan fingerprint density at radius 2 is 1.62 bits per heavy atom. The van der Waals surface area contributed by atoms with Crippen molar-refractivity contribution in [3.63, 3.8) is 0 Å². The summed E-state index contributed by atoms with van der Waals surface area (Å²) in [5, 5.41) is 19.6. The number of aromatic nitrogens is 1. The Bertz CT molecular complexity index is 1640. The lowest BCUT2D eigenvalue weighted by Crippen LogP contribution is -2.18. The van der Waals surface area contributed by atoms with Gasteiger partial charge in [-0.3, -0.25) is 4.79 Å². The van der Waals surface area contributed by atoms with Crippen LogP contribution in [0.3, 0.4) is 0 Å². The van der Waals surface area contributed by atoms with Crippen LogP contribution in [0, 0.1) is 22.7 Å². The molecule has 0 saturated heterocycles. The molecule has 37 heavy (non-hydrogen) atoms. The largest absolute Gasteiger partial charge is 0.493 e. The molecular weight excluding hydrogens is 470 g/mol. The number of para-hydroxylation sites is 1. The van der Waals surface area contributed by atoms with E-state index in [1.165, 1.54) is 44.1 Å². The van der Waals surface area contributed by atoms with Crippen LogP contribution in [0.5, 0.6) is 11.5 Å². The van der Waals surface area contributed by atoms with Crippen molar-refractivity contribution in [3.8, 4) is 34.9 Å². The first-order valence-corrected chi connectivity index (χ1v) is 11.1. The molecule has 1 aromatic heterocycles. The van der Waals surface area contributed by atoms with Gasteiger partial charge in [0, 0.05) is 23.4 Å². The minimum absolute atomic E-state index is 0.0937. The Morgan fingerprint density at radius 1 is 0.919 bits per heavy atom. The number of methoxy groups -OCH3 is 2. The molecule has 4 rings (SSSR count). The molecule has 1 heterocycles. The lowest BCUT2D eigenvalue weighted by Gasteiger charge is -2.11. The zero-order chi connectivity index (χ0) is 26.5. The summed E-state index contributed by atoms with van der Waals surface area (Å²) >= 11 is 0. The van der Waals surface area contributed by atoms with Crippen LogP contribution >= 0.6 is 0 Å². The molecule has 0 N–H and O–H groups in total.